The van der Waals surface area contributed by atoms with Gasteiger partial charge in [0.2, 0.25) is 5.91 Å². The second-order valence-electron chi connectivity index (χ2n) is 6.36. The second kappa shape index (κ2) is 7.44. The monoisotopic (exact) mass is 408 g/mol. The molecule has 142 valence electrons. The lowest BCUT2D eigenvalue weighted by atomic mass is 9.93. The van der Waals surface area contributed by atoms with Crippen molar-refractivity contribution in [3.63, 3.8) is 0 Å². The highest BCUT2D eigenvalue weighted by Gasteiger charge is 2.34. The van der Waals surface area contributed by atoms with Crippen molar-refractivity contribution in [2.24, 2.45) is 5.92 Å². The van der Waals surface area contributed by atoms with E-state index in [4.69, 9.17) is 38.4 Å². The summed E-state index contributed by atoms with van der Waals surface area (Å²) in [6.07, 6.45) is 0. The molecule has 2 unspecified atom stereocenters. The Balaban J connectivity index is 1.53. The minimum Gasteiger partial charge on any atom is -0.486 e. The smallest absolute Gasteiger partial charge is 0.230 e. The van der Waals surface area contributed by atoms with E-state index in [0.717, 1.165) is 5.56 Å². The van der Waals surface area contributed by atoms with Gasteiger partial charge in [0.25, 0.3) is 0 Å². The number of hydrogen-bond acceptors (Lipinski definition) is 6. The summed E-state index contributed by atoms with van der Waals surface area (Å²) in [5, 5.41) is 3.45. The third-order valence-corrected chi connectivity index (χ3v) is 5.22. The molecular weight excluding hydrogens is 391 g/mol. The van der Waals surface area contributed by atoms with Crippen LogP contribution in [0.3, 0.4) is 0 Å². The summed E-state index contributed by atoms with van der Waals surface area (Å²) in [7, 11) is 0. The number of halogens is 2. The van der Waals surface area contributed by atoms with Crippen molar-refractivity contribution in [1.29, 1.82) is 0 Å². The van der Waals surface area contributed by atoms with E-state index in [0.29, 0.717) is 47.0 Å². The van der Waals surface area contributed by atoms with Gasteiger partial charge in [0, 0.05) is 12.2 Å². The quantitative estimate of drug-likeness (QED) is 0.583. The largest absolute Gasteiger partial charge is 0.486 e. The van der Waals surface area contributed by atoms with Gasteiger partial charge < -0.3 is 20.5 Å². The number of hydrazine groups is 1. The van der Waals surface area contributed by atoms with Crippen molar-refractivity contribution in [2.45, 2.75) is 6.04 Å². The van der Waals surface area contributed by atoms with Crippen molar-refractivity contribution in [3.8, 4) is 11.5 Å². The number of amides is 1. The fraction of sp³-hybridized carbons (Fsp3) is 0.278. The summed E-state index contributed by atoms with van der Waals surface area (Å²) in [5.41, 5.74) is 13.6. The Hall–Kier alpha value is -2.19. The molecule has 4 rings (SSSR count). The maximum Gasteiger partial charge on any atom is 0.230 e. The minimum atomic E-state index is -0.345. The molecule has 0 bridgehead atoms. The van der Waals surface area contributed by atoms with E-state index in [1.807, 2.05) is 18.2 Å². The van der Waals surface area contributed by atoms with Gasteiger partial charge >= 0.3 is 0 Å². The Morgan fingerprint density at radius 3 is 2.56 bits per heavy atom. The first-order chi connectivity index (χ1) is 13.0. The van der Waals surface area contributed by atoms with Crippen LogP contribution in [-0.2, 0) is 4.79 Å². The summed E-state index contributed by atoms with van der Waals surface area (Å²) in [4.78, 5) is 12.8. The predicted molar refractivity (Wildman–Crippen MR) is 104 cm³/mol. The summed E-state index contributed by atoms with van der Waals surface area (Å²) < 4.78 is 11.2. The van der Waals surface area contributed by atoms with Gasteiger partial charge in [-0.3, -0.25) is 10.2 Å². The lowest BCUT2D eigenvalue weighted by molar-refractivity contribution is -0.119. The second-order valence-corrected chi connectivity index (χ2v) is 7.17. The average Bonchev–Trinajstić information content (AvgIpc) is 3.15. The molecule has 2 aromatic rings. The van der Waals surface area contributed by atoms with Gasteiger partial charge in [0.05, 0.1) is 27.7 Å². The van der Waals surface area contributed by atoms with E-state index in [9.17, 15) is 4.79 Å². The number of nitrogen functional groups attached to an aromatic ring is 1. The van der Waals surface area contributed by atoms with Gasteiger partial charge in [-0.15, -0.1) is 0 Å². The number of fused-ring (bicyclic) bond motifs is 1. The van der Waals surface area contributed by atoms with Crippen molar-refractivity contribution in [3.05, 3.63) is 45.9 Å². The van der Waals surface area contributed by atoms with E-state index in [1.165, 1.54) is 0 Å². The van der Waals surface area contributed by atoms with Gasteiger partial charge in [0.1, 0.15) is 13.2 Å². The molecule has 0 radical (unpaired) electrons. The number of benzene rings is 2. The van der Waals surface area contributed by atoms with Gasteiger partial charge in [-0.2, -0.15) is 0 Å². The molecule has 2 aliphatic heterocycles. The zero-order valence-electron chi connectivity index (χ0n) is 14.2. The molecule has 27 heavy (non-hydrogen) atoms. The van der Waals surface area contributed by atoms with E-state index in [2.05, 4.69) is 16.2 Å². The highest BCUT2D eigenvalue weighted by molar-refractivity contribution is 6.39. The van der Waals surface area contributed by atoms with Gasteiger partial charge in [-0.25, -0.2) is 5.43 Å². The van der Waals surface area contributed by atoms with Crippen LogP contribution in [-0.4, -0.2) is 25.7 Å². The lowest BCUT2D eigenvalue weighted by Crippen LogP contribution is -2.30. The zero-order valence-corrected chi connectivity index (χ0v) is 15.7. The van der Waals surface area contributed by atoms with Crippen LogP contribution in [0.1, 0.15) is 11.6 Å². The molecule has 2 heterocycles. The molecule has 1 fully saturated rings. The van der Waals surface area contributed by atoms with Crippen LogP contribution in [0, 0.1) is 5.92 Å². The van der Waals surface area contributed by atoms with Crippen molar-refractivity contribution in [2.75, 3.05) is 30.8 Å². The fourth-order valence-corrected chi connectivity index (χ4v) is 3.69. The Kier molecular flexibility index (Phi) is 5.01. The Morgan fingerprint density at radius 2 is 1.81 bits per heavy atom. The number of hydrogen-bond donors (Lipinski definition) is 4. The molecule has 2 atom stereocenters. The molecule has 9 heteroatoms. The molecule has 7 nitrogen and oxygen atoms in total. The number of carbonyl (C=O) groups excluding carboxylic acids is 1. The predicted octanol–water partition coefficient (Wildman–Crippen LogP) is 2.75. The van der Waals surface area contributed by atoms with Crippen LogP contribution in [0.4, 0.5) is 11.4 Å². The molecule has 5 N–H and O–H groups in total. The van der Waals surface area contributed by atoms with Crippen LogP contribution in [0.25, 0.3) is 0 Å². The Morgan fingerprint density at radius 1 is 1.11 bits per heavy atom. The van der Waals surface area contributed by atoms with Gasteiger partial charge in [-0.1, -0.05) is 29.3 Å². The molecule has 0 aromatic heterocycles. The molecule has 2 aliphatic rings. The number of anilines is 2. The molecule has 0 saturated carbocycles. The first kappa shape index (κ1) is 18.2. The Labute approximate surface area is 166 Å². The first-order valence-corrected chi connectivity index (χ1v) is 9.22. The maximum atomic E-state index is 12.8. The number of rotatable bonds is 3. The SMILES string of the molecule is Nc1c(Cl)cc(NC(=O)C2CNNC2c2ccc3c(c2)OCCO3)cc1Cl. The number of nitrogens with two attached hydrogens (primary N) is 1. The normalized spacial score (nSPS) is 21.1. The van der Waals surface area contributed by atoms with Crippen LogP contribution in [0.5, 0.6) is 11.5 Å². The van der Waals surface area contributed by atoms with Crippen LogP contribution < -0.4 is 31.4 Å². The maximum absolute atomic E-state index is 12.8. The summed E-state index contributed by atoms with van der Waals surface area (Å²) in [5.74, 6) is 0.888. The number of carbonyl (C=O) groups is 1. The first-order valence-electron chi connectivity index (χ1n) is 8.46. The molecule has 1 saturated heterocycles. The molecule has 0 spiro atoms. The van der Waals surface area contributed by atoms with Crippen molar-refractivity contribution < 1.29 is 14.3 Å². The minimum absolute atomic E-state index is 0.163. The lowest BCUT2D eigenvalue weighted by Gasteiger charge is -2.22. The highest BCUT2D eigenvalue weighted by Crippen LogP contribution is 2.36. The van der Waals surface area contributed by atoms with E-state index in [1.54, 1.807) is 12.1 Å². The third kappa shape index (κ3) is 3.64. The van der Waals surface area contributed by atoms with E-state index in [-0.39, 0.29) is 23.6 Å². The topological polar surface area (TPSA) is 97.6 Å². The average molecular weight is 409 g/mol. The van der Waals surface area contributed by atoms with Crippen LogP contribution in [0.2, 0.25) is 10.0 Å². The van der Waals surface area contributed by atoms with Crippen molar-refractivity contribution in [1.82, 2.24) is 10.9 Å². The molecule has 0 aliphatic carbocycles. The van der Waals surface area contributed by atoms with E-state index < -0.39 is 0 Å². The third-order valence-electron chi connectivity index (χ3n) is 4.59. The number of nitrogens with one attached hydrogen (secondary N) is 3. The van der Waals surface area contributed by atoms with Crippen LogP contribution in [0.15, 0.2) is 30.3 Å². The van der Waals surface area contributed by atoms with Crippen LogP contribution >= 0.6 is 23.2 Å². The Bertz CT molecular complexity index is 870. The number of ether oxygens (including phenoxy) is 2. The van der Waals surface area contributed by atoms with Gasteiger partial charge in [-0.05, 0) is 29.8 Å². The summed E-state index contributed by atoms with van der Waals surface area (Å²) in [6.45, 7) is 1.52. The van der Waals surface area contributed by atoms with Gasteiger partial charge in [0.15, 0.2) is 11.5 Å². The fourth-order valence-electron chi connectivity index (χ4n) is 3.20. The molecular formula is C18H18Cl2N4O3. The summed E-state index contributed by atoms with van der Waals surface area (Å²) >= 11 is 12.1. The zero-order chi connectivity index (χ0) is 19.0. The molecule has 2 aromatic carbocycles. The molecule has 1 amide bonds. The highest BCUT2D eigenvalue weighted by atomic mass is 35.5. The standard InChI is InChI=1S/C18H18Cl2N4O3/c19-12-6-10(7-13(20)16(12)21)23-18(25)11-8-22-24-17(11)9-1-2-14-15(5-9)27-4-3-26-14/h1-2,5-7,11,17,22,24H,3-4,8,21H2,(H,23,25). The van der Waals surface area contributed by atoms with Crippen molar-refractivity contribution >= 4 is 40.5 Å². The summed E-state index contributed by atoms with van der Waals surface area (Å²) in [6, 6.07) is 8.62. The van der Waals surface area contributed by atoms with E-state index >= 15 is 0 Å².